The van der Waals surface area contributed by atoms with E-state index in [-0.39, 0.29) is 0 Å². The lowest BCUT2D eigenvalue weighted by Crippen LogP contribution is -2.10. The van der Waals surface area contributed by atoms with Gasteiger partial charge in [-0.25, -0.2) is 0 Å². The van der Waals surface area contributed by atoms with E-state index < -0.39 is 0 Å². The first-order chi connectivity index (χ1) is 8.58. The minimum absolute atomic E-state index is 0.398. The van der Waals surface area contributed by atoms with Crippen molar-refractivity contribution >= 4 is 6.21 Å². The van der Waals surface area contributed by atoms with Crippen molar-refractivity contribution in [1.29, 1.82) is 0 Å². The number of phenols is 1. The second-order valence-corrected chi connectivity index (χ2v) is 5.30. The van der Waals surface area contributed by atoms with E-state index in [0.717, 1.165) is 18.4 Å². The van der Waals surface area contributed by atoms with Crippen LogP contribution in [0.15, 0.2) is 29.4 Å². The Balaban J connectivity index is 1.99. The maximum Gasteiger partial charge on any atom is 0.118 e. The van der Waals surface area contributed by atoms with E-state index in [0.29, 0.717) is 17.6 Å². The molecule has 2 heteroatoms. The first-order valence-corrected chi connectivity index (χ1v) is 6.57. The van der Waals surface area contributed by atoms with Gasteiger partial charge in [-0.05, 0) is 55.4 Å². The van der Waals surface area contributed by atoms with Gasteiger partial charge in [-0.1, -0.05) is 19.1 Å². The van der Waals surface area contributed by atoms with E-state index in [4.69, 9.17) is 0 Å². The van der Waals surface area contributed by atoms with Gasteiger partial charge in [0.15, 0.2) is 0 Å². The topological polar surface area (TPSA) is 32.6 Å². The second kappa shape index (κ2) is 5.38. The Morgan fingerprint density at radius 1 is 1.28 bits per heavy atom. The first-order valence-electron chi connectivity index (χ1n) is 6.57. The molecule has 1 aromatic carbocycles. The number of aryl methyl sites for hydroxylation is 3. The molecule has 1 aliphatic heterocycles. The lowest BCUT2D eigenvalue weighted by Gasteiger charge is -2.16. The lowest BCUT2D eigenvalue weighted by molar-refractivity contribution is 0.469. The van der Waals surface area contributed by atoms with E-state index >= 15 is 0 Å². The Morgan fingerprint density at radius 2 is 2.06 bits per heavy atom. The molecule has 2 nitrogen and oxygen atoms in total. The van der Waals surface area contributed by atoms with Gasteiger partial charge < -0.3 is 5.11 Å². The Labute approximate surface area is 109 Å². The third-order valence-electron chi connectivity index (χ3n) is 3.83. The zero-order valence-corrected chi connectivity index (χ0v) is 11.4. The molecule has 0 fully saturated rings. The smallest absolute Gasteiger partial charge is 0.118 e. The third kappa shape index (κ3) is 2.81. The fourth-order valence-electron chi connectivity index (χ4n) is 2.39. The van der Waals surface area contributed by atoms with E-state index in [9.17, 15) is 5.11 Å². The third-order valence-corrected chi connectivity index (χ3v) is 3.83. The molecule has 0 bridgehead atoms. The van der Waals surface area contributed by atoms with Crippen LogP contribution in [0, 0.1) is 25.7 Å². The molecule has 18 heavy (non-hydrogen) atoms. The van der Waals surface area contributed by atoms with Crippen LogP contribution in [0.4, 0.5) is 0 Å². The van der Waals surface area contributed by atoms with Crippen LogP contribution >= 0.6 is 0 Å². The van der Waals surface area contributed by atoms with Crippen molar-refractivity contribution in [2.75, 3.05) is 0 Å². The summed E-state index contributed by atoms with van der Waals surface area (Å²) in [6, 6.07) is 3.97. The highest BCUT2D eigenvalue weighted by atomic mass is 16.3. The molecule has 0 aliphatic carbocycles. The highest BCUT2D eigenvalue weighted by Gasteiger charge is 2.15. The average molecular weight is 243 g/mol. The molecule has 1 aromatic rings. The van der Waals surface area contributed by atoms with Gasteiger partial charge in [0.25, 0.3) is 0 Å². The fourth-order valence-corrected chi connectivity index (χ4v) is 2.39. The van der Waals surface area contributed by atoms with Gasteiger partial charge in [-0.3, -0.25) is 4.99 Å². The van der Waals surface area contributed by atoms with Crippen LogP contribution in [0.1, 0.15) is 30.0 Å². The largest absolute Gasteiger partial charge is 0.508 e. The van der Waals surface area contributed by atoms with Gasteiger partial charge in [-0.15, -0.1) is 0 Å². The van der Waals surface area contributed by atoms with Crippen LogP contribution < -0.4 is 0 Å². The number of nitrogens with zero attached hydrogens (tertiary/aromatic N) is 1. The Hall–Kier alpha value is -1.57. The monoisotopic (exact) mass is 243 g/mol. The number of allylic oxidation sites excluding steroid dienone is 1. The van der Waals surface area contributed by atoms with E-state index in [1.165, 1.54) is 11.1 Å². The van der Waals surface area contributed by atoms with E-state index in [1.54, 1.807) is 0 Å². The summed E-state index contributed by atoms with van der Waals surface area (Å²) >= 11 is 0. The number of benzene rings is 1. The molecule has 96 valence electrons. The van der Waals surface area contributed by atoms with Gasteiger partial charge in [0.2, 0.25) is 0 Å². The van der Waals surface area contributed by atoms with Crippen LogP contribution in [0.2, 0.25) is 0 Å². The number of rotatable bonds is 4. The van der Waals surface area contributed by atoms with Gasteiger partial charge in [0, 0.05) is 18.3 Å². The Morgan fingerprint density at radius 3 is 2.72 bits per heavy atom. The summed E-state index contributed by atoms with van der Waals surface area (Å²) in [6.45, 7) is 6.29. The standard InChI is InChI=1S/C16H21NO/c1-11(15-6-7-17-10-15)4-5-14-8-13(3)16(18)9-12(14)2/h6-11,15,18H,4-5H2,1-3H3. The van der Waals surface area contributed by atoms with Crippen molar-refractivity contribution in [3.8, 4) is 5.75 Å². The van der Waals surface area contributed by atoms with Crippen LogP contribution in [-0.4, -0.2) is 11.3 Å². The van der Waals surface area contributed by atoms with Crippen molar-refractivity contribution < 1.29 is 5.11 Å². The van der Waals surface area contributed by atoms with Gasteiger partial charge >= 0.3 is 0 Å². The number of aromatic hydroxyl groups is 1. The maximum atomic E-state index is 9.65. The predicted octanol–water partition coefficient (Wildman–Crippen LogP) is 3.79. The maximum absolute atomic E-state index is 9.65. The van der Waals surface area contributed by atoms with Crippen molar-refractivity contribution in [3.63, 3.8) is 0 Å². The van der Waals surface area contributed by atoms with Gasteiger partial charge in [-0.2, -0.15) is 0 Å². The number of hydrogen-bond acceptors (Lipinski definition) is 2. The molecule has 0 saturated heterocycles. The highest BCUT2D eigenvalue weighted by Crippen LogP contribution is 2.25. The highest BCUT2D eigenvalue weighted by molar-refractivity contribution is 5.67. The first kappa shape index (κ1) is 12.9. The normalized spacial score (nSPS) is 19.4. The lowest BCUT2D eigenvalue weighted by atomic mass is 9.89. The number of aliphatic imine (C=N–C) groups is 1. The summed E-state index contributed by atoms with van der Waals surface area (Å²) in [5.74, 6) is 1.50. The van der Waals surface area contributed by atoms with Crippen LogP contribution in [0.3, 0.4) is 0 Å². The average Bonchev–Trinajstić information content (AvgIpc) is 2.85. The van der Waals surface area contributed by atoms with Crippen molar-refractivity contribution in [1.82, 2.24) is 0 Å². The van der Waals surface area contributed by atoms with Crippen LogP contribution in [-0.2, 0) is 6.42 Å². The molecule has 0 spiro atoms. The second-order valence-electron chi connectivity index (χ2n) is 5.30. The van der Waals surface area contributed by atoms with E-state index in [1.807, 2.05) is 25.4 Å². The van der Waals surface area contributed by atoms with Crippen molar-refractivity contribution in [3.05, 3.63) is 41.1 Å². The molecule has 2 atom stereocenters. The Bertz CT molecular complexity index is 476. The summed E-state index contributed by atoms with van der Waals surface area (Å²) in [5.41, 5.74) is 3.49. The fraction of sp³-hybridized carbons (Fsp3) is 0.438. The molecule has 1 N–H and O–H groups in total. The summed E-state index contributed by atoms with van der Waals surface area (Å²) < 4.78 is 0. The Kier molecular flexibility index (Phi) is 3.85. The molecule has 1 aliphatic rings. The molecule has 0 aromatic heterocycles. The van der Waals surface area contributed by atoms with Crippen LogP contribution in [0.5, 0.6) is 5.75 Å². The molecule has 2 unspecified atom stereocenters. The van der Waals surface area contributed by atoms with Gasteiger partial charge in [0.05, 0.1) is 0 Å². The molecule has 1 heterocycles. The zero-order valence-electron chi connectivity index (χ0n) is 11.4. The SMILES string of the molecule is Cc1cc(CCC(C)C2C=CN=C2)c(C)cc1O. The summed E-state index contributed by atoms with van der Waals surface area (Å²) in [5, 5.41) is 9.65. The van der Waals surface area contributed by atoms with Crippen molar-refractivity contribution in [2.45, 2.75) is 33.6 Å². The predicted molar refractivity (Wildman–Crippen MR) is 76.2 cm³/mol. The summed E-state index contributed by atoms with van der Waals surface area (Å²) in [4.78, 5) is 4.15. The van der Waals surface area contributed by atoms with Crippen molar-refractivity contribution in [2.24, 2.45) is 16.8 Å². The molecule has 2 rings (SSSR count). The summed E-state index contributed by atoms with van der Waals surface area (Å²) in [7, 11) is 0. The quantitative estimate of drug-likeness (QED) is 0.857. The van der Waals surface area contributed by atoms with E-state index in [2.05, 4.69) is 31.0 Å². The molecular weight excluding hydrogens is 222 g/mol. The zero-order chi connectivity index (χ0) is 13.1. The number of hydrogen-bond donors (Lipinski definition) is 1. The minimum atomic E-state index is 0.398. The summed E-state index contributed by atoms with van der Waals surface area (Å²) in [6.07, 6.45) is 8.29. The van der Waals surface area contributed by atoms with Gasteiger partial charge in [0.1, 0.15) is 5.75 Å². The number of phenolic OH excluding ortho intramolecular Hbond substituents is 1. The van der Waals surface area contributed by atoms with Crippen LogP contribution in [0.25, 0.3) is 0 Å². The molecular formula is C16H21NO. The minimum Gasteiger partial charge on any atom is -0.508 e. The molecule has 0 saturated carbocycles. The molecule has 0 amide bonds. The molecule has 0 radical (unpaired) electrons.